The van der Waals surface area contributed by atoms with Gasteiger partial charge in [0.1, 0.15) is 0 Å². The van der Waals surface area contributed by atoms with Gasteiger partial charge in [0, 0.05) is 22.3 Å². The lowest BCUT2D eigenvalue weighted by Gasteiger charge is -2.07. The second-order valence-corrected chi connectivity index (χ2v) is 7.45. The standard InChI is InChI=1S/C28H20O4/c29-26(21-6-2-1-3-7-21)22-14-10-19(11-15-22)18-20-12-16-23(17-13-20)27(30)24-8-4-5-9-25(24)28(31)32/h1-17H,18H2,(H,31,32). The third kappa shape index (κ3) is 4.55. The number of carbonyl (C=O) groups is 3. The van der Waals surface area contributed by atoms with Crippen molar-refractivity contribution in [1.29, 1.82) is 0 Å². The molecule has 0 bridgehead atoms. The molecule has 0 radical (unpaired) electrons. The van der Waals surface area contributed by atoms with Crippen molar-refractivity contribution in [3.63, 3.8) is 0 Å². The van der Waals surface area contributed by atoms with Crippen LogP contribution in [0.15, 0.2) is 103 Å². The molecule has 0 fully saturated rings. The highest BCUT2D eigenvalue weighted by molar-refractivity contribution is 6.14. The number of rotatable bonds is 7. The third-order valence-corrected chi connectivity index (χ3v) is 5.28. The van der Waals surface area contributed by atoms with Crippen molar-refractivity contribution in [2.24, 2.45) is 0 Å². The summed E-state index contributed by atoms with van der Waals surface area (Å²) in [4.78, 5) is 36.7. The molecule has 0 aliphatic rings. The maximum Gasteiger partial charge on any atom is 0.336 e. The number of hydrogen-bond donors (Lipinski definition) is 1. The summed E-state index contributed by atoms with van der Waals surface area (Å²) in [6.07, 6.45) is 0.653. The number of hydrogen-bond acceptors (Lipinski definition) is 3. The fraction of sp³-hybridized carbons (Fsp3) is 0.0357. The van der Waals surface area contributed by atoms with E-state index >= 15 is 0 Å². The van der Waals surface area contributed by atoms with Gasteiger partial charge in [0.15, 0.2) is 11.6 Å². The molecule has 0 atom stereocenters. The zero-order valence-corrected chi connectivity index (χ0v) is 17.2. The minimum Gasteiger partial charge on any atom is -0.478 e. The van der Waals surface area contributed by atoms with E-state index in [-0.39, 0.29) is 22.7 Å². The van der Waals surface area contributed by atoms with Crippen molar-refractivity contribution in [3.05, 3.63) is 142 Å². The Hall–Kier alpha value is -4.31. The quantitative estimate of drug-likeness (QED) is 0.404. The first-order valence-electron chi connectivity index (χ1n) is 10.2. The lowest BCUT2D eigenvalue weighted by molar-refractivity contribution is 0.0692. The van der Waals surface area contributed by atoms with Crippen molar-refractivity contribution >= 4 is 17.5 Å². The van der Waals surface area contributed by atoms with E-state index in [0.29, 0.717) is 23.1 Å². The van der Waals surface area contributed by atoms with Crippen LogP contribution in [-0.2, 0) is 6.42 Å². The average molecular weight is 420 g/mol. The molecule has 0 heterocycles. The molecule has 0 saturated heterocycles. The van der Waals surface area contributed by atoms with Crippen molar-refractivity contribution in [3.8, 4) is 0 Å². The summed E-state index contributed by atoms with van der Waals surface area (Å²) in [6.45, 7) is 0. The van der Waals surface area contributed by atoms with Gasteiger partial charge in [-0.1, -0.05) is 97.1 Å². The highest BCUT2D eigenvalue weighted by Crippen LogP contribution is 2.18. The predicted molar refractivity (Wildman–Crippen MR) is 122 cm³/mol. The van der Waals surface area contributed by atoms with Crippen molar-refractivity contribution in [2.45, 2.75) is 6.42 Å². The summed E-state index contributed by atoms with van der Waals surface area (Å²) in [5, 5.41) is 9.31. The first kappa shape index (κ1) is 20.9. The van der Waals surface area contributed by atoms with Gasteiger partial charge in [-0.2, -0.15) is 0 Å². The highest BCUT2D eigenvalue weighted by Gasteiger charge is 2.17. The molecule has 4 aromatic rings. The van der Waals surface area contributed by atoms with E-state index < -0.39 is 5.97 Å². The highest BCUT2D eigenvalue weighted by atomic mass is 16.4. The monoisotopic (exact) mass is 420 g/mol. The Balaban J connectivity index is 1.47. The van der Waals surface area contributed by atoms with E-state index in [1.54, 1.807) is 36.4 Å². The first-order valence-corrected chi connectivity index (χ1v) is 10.2. The number of carboxylic acid groups (broad SMARTS) is 1. The van der Waals surface area contributed by atoms with E-state index in [0.717, 1.165) is 11.1 Å². The molecule has 156 valence electrons. The number of ketones is 2. The van der Waals surface area contributed by atoms with Gasteiger partial charge in [-0.05, 0) is 23.6 Å². The summed E-state index contributed by atoms with van der Waals surface area (Å²) >= 11 is 0. The van der Waals surface area contributed by atoms with Crippen molar-refractivity contribution in [1.82, 2.24) is 0 Å². The largest absolute Gasteiger partial charge is 0.478 e. The first-order chi connectivity index (χ1) is 15.5. The predicted octanol–water partition coefficient (Wildman–Crippen LogP) is 5.44. The van der Waals surface area contributed by atoms with Crippen LogP contribution in [-0.4, -0.2) is 22.6 Å². The van der Waals surface area contributed by atoms with Gasteiger partial charge in [-0.15, -0.1) is 0 Å². The Morgan fingerprint density at radius 1 is 0.500 bits per heavy atom. The summed E-state index contributed by atoms with van der Waals surface area (Å²) in [5.41, 5.74) is 3.95. The molecular formula is C28H20O4. The number of carbonyl (C=O) groups excluding carboxylic acids is 2. The minimum absolute atomic E-state index is 0.00767. The lowest BCUT2D eigenvalue weighted by Crippen LogP contribution is -2.09. The van der Waals surface area contributed by atoms with Gasteiger partial charge in [0.25, 0.3) is 0 Å². The Morgan fingerprint density at radius 3 is 1.47 bits per heavy atom. The van der Waals surface area contributed by atoms with E-state index in [4.69, 9.17) is 0 Å². The van der Waals surface area contributed by atoms with Crippen LogP contribution in [0.1, 0.15) is 53.3 Å². The minimum atomic E-state index is -1.13. The molecule has 4 aromatic carbocycles. The molecular weight excluding hydrogens is 400 g/mol. The Labute approximate surface area is 185 Å². The van der Waals surface area contributed by atoms with Crippen LogP contribution in [0, 0.1) is 0 Å². The molecule has 0 amide bonds. The fourth-order valence-electron chi connectivity index (χ4n) is 3.56. The molecule has 0 aromatic heterocycles. The summed E-state index contributed by atoms with van der Waals surface area (Å²) in [7, 11) is 0. The van der Waals surface area contributed by atoms with E-state index in [1.165, 1.54) is 12.1 Å². The SMILES string of the molecule is O=C(c1ccccc1)c1ccc(Cc2ccc(C(=O)c3ccccc3C(=O)O)cc2)cc1. The zero-order chi connectivity index (χ0) is 22.5. The van der Waals surface area contributed by atoms with Crippen molar-refractivity contribution < 1.29 is 19.5 Å². The van der Waals surface area contributed by atoms with Gasteiger partial charge in [0.2, 0.25) is 0 Å². The number of carboxylic acids is 1. The second kappa shape index (κ2) is 9.23. The van der Waals surface area contributed by atoms with E-state index in [9.17, 15) is 19.5 Å². The van der Waals surface area contributed by atoms with Gasteiger partial charge >= 0.3 is 5.97 Å². The topological polar surface area (TPSA) is 71.4 Å². The molecule has 0 aliphatic heterocycles. The van der Waals surface area contributed by atoms with Gasteiger partial charge in [0.05, 0.1) is 5.56 Å². The maximum atomic E-state index is 12.8. The maximum absolute atomic E-state index is 12.8. The van der Waals surface area contributed by atoms with E-state index in [2.05, 4.69) is 0 Å². The zero-order valence-electron chi connectivity index (χ0n) is 17.2. The third-order valence-electron chi connectivity index (χ3n) is 5.28. The van der Waals surface area contributed by atoms with E-state index in [1.807, 2.05) is 54.6 Å². The smallest absolute Gasteiger partial charge is 0.336 e. The summed E-state index contributed by atoms with van der Waals surface area (Å²) < 4.78 is 0. The summed E-state index contributed by atoms with van der Waals surface area (Å²) in [5.74, 6) is -1.46. The molecule has 32 heavy (non-hydrogen) atoms. The Bertz CT molecular complexity index is 1270. The molecule has 0 saturated carbocycles. The fourth-order valence-corrected chi connectivity index (χ4v) is 3.56. The normalized spacial score (nSPS) is 10.5. The van der Waals surface area contributed by atoms with Crippen LogP contribution in [0.4, 0.5) is 0 Å². The van der Waals surface area contributed by atoms with Crippen LogP contribution in [0.25, 0.3) is 0 Å². The lowest BCUT2D eigenvalue weighted by atomic mass is 9.96. The summed E-state index contributed by atoms with van der Waals surface area (Å²) in [6, 6.07) is 30.0. The van der Waals surface area contributed by atoms with Gasteiger partial charge in [-0.25, -0.2) is 4.79 Å². The second-order valence-electron chi connectivity index (χ2n) is 7.45. The van der Waals surface area contributed by atoms with Gasteiger partial charge < -0.3 is 5.11 Å². The molecule has 0 aliphatic carbocycles. The number of aromatic carboxylic acids is 1. The molecule has 0 spiro atoms. The Kier molecular flexibility index (Phi) is 6.04. The average Bonchev–Trinajstić information content (AvgIpc) is 2.84. The molecule has 1 N–H and O–H groups in total. The molecule has 4 nitrogen and oxygen atoms in total. The van der Waals surface area contributed by atoms with Crippen molar-refractivity contribution in [2.75, 3.05) is 0 Å². The van der Waals surface area contributed by atoms with Gasteiger partial charge in [-0.3, -0.25) is 9.59 Å². The van der Waals surface area contributed by atoms with Crippen LogP contribution >= 0.6 is 0 Å². The molecule has 4 rings (SSSR count). The number of benzene rings is 4. The van der Waals surface area contributed by atoms with Crippen LogP contribution in [0.2, 0.25) is 0 Å². The van der Waals surface area contributed by atoms with Crippen LogP contribution in [0.5, 0.6) is 0 Å². The Morgan fingerprint density at radius 2 is 0.938 bits per heavy atom. The van der Waals surface area contributed by atoms with Crippen LogP contribution in [0.3, 0.4) is 0 Å². The molecule has 0 unspecified atom stereocenters. The molecule has 4 heteroatoms. The van der Waals surface area contributed by atoms with Crippen LogP contribution < -0.4 is 0 Å².